The number of sulfonamides is 2. The minimum absolute atomic E-state index is 0.0583. The maximum Gasteiger partial charge on any atom is 0.267 e. The number of hydrogen-bond acceptors (Lipinski definition) is 4. The highest BCUT2D eigenvalue weighted by molar-refractivity contribution is 7.93. The smallest absolute Gasteiger partial charge is 0.267 e. The van der Waals surface area contributed by atoms with Crippen LogP contribution in [0.1, 0.15) is 6.42 Å². The molecule has 0 atom stereocenters. The molecule has 0 aromatic heterocycles. The minimum atomic E-state index is -4.46. The lowest BCUT2D eigenvalue weighted by molar-refractivity contribution is 0.521. The Labute approximate surface area is 144 Å². The number of nitrogens with zero attached hydrogens (tertiary/aromatic N) is 1. The van der Waals surface area contributed by atoms with Gasteiger partial charge < -0.3 is 0 Å². The molecule has 1 aliphatic heterocycles. The monoisotopic (exact) mass is 388 g/mol. The molecule has 0 amide bonds. The summed E-state index contributed by atoms with van der Waals surface area (Å²) in [6, 6.07) is 8.28. The Morgan fingerprint density at radius 1 is 1.00 bits per heavy atom. The van der Waals surface area contributed by atoms with Crippen LogP contribution in [0.4, 0.5) is 20.2 Å². The molecule has 134 valence electrons. The fourth-order valence-corrected chi connectivity index (χ4v) is 5.33. The summed E-state index contributed by atoms with van der Waals surface area (Å²) in [5.74, 6) is -2.34. The Morgan fingerprint density at radius 3 is 2.12 bits per heavy atom. The van der Waals surface area contributed by atoms with Crippen LogP contribution in [0.5, 0.6) is 0 Å². The van der Waals surface area contributed by atoms with Gasteiger partial charge in [-0.25, -0.2) is 25.6 Å². The molecular formula is C15H14F2N2O4S2. The number of rotatable bonds is 4. The van der Waals surface area contributed by atoms with E-state index in [-0.39, 0.29) is 11.4 Å². The van der Waals surface area contributed by atoms with Crippen LogP contribution in [0.15, 0.2) is 47.4 Å². The second kappa shape index (κ2) is 6.26. The van der Waals surface area contributed by atoms with Crippen LogP contribution in [-0.4, -0.2) is 29.1 Å². The van der Waals surface area contributed by atoms with Crippen molar-refractivity contribution in [3.05, 3.63) is 54.1 Å². The Hall–Kier alpha value is -2.20. The zero-order chi connectivity index (χ0) is 18.2. The van der Waals surface area contributed by atoms with Gasteiger partial charge >= 0.3 is 0 Å². The van der Waals surface area contributed by atoms with E-state index in [1.807, 2.05) is 0 Å². The van der Waals surface area contributed by atoms with Crippen LogP contribution in [-0.2, 0) is 20.0 Å². The van der Waals surface area contributed by atoms with Gasteiger partial charge in [-0.2, -0.15) is 0 Å². The van der Waals surface area contributed by atoms with Gasteiger partial charge in [0.05, 0.1) is 11.4 Å². The summed E-state index contributed by atoms with van der Waals surface area (Å²) in [6.45, 7) is 0.355. The average molecular weight is 388 g/mol. The molecule has 2 aromatic rings. The molecule has 0 aliphatic carbocycles. The van der Waals surface area contributed by atoms with Crippen LogP contribution in [0.25, 0.3) is 0 Å². The zero-order valence-electron chi connectivity index (χ0n) is 12.8. The van der Waals surface area contributed by atoms with Crippen LogP contribution < -0.4 is 9.03 Å². The third-order valence-electron chi connectivity index (χ3n) is 3.69. The maximum atomic E-state index is 13.7. The summed E-state index contributed by atoms with van der Waals surface area (Å²) < 4.78 is 78.8. The average Bonchev–Trinajstić information content (AvgIpc) is 2.86. The molecule has 0 saturated carbocycles. The van der Waals surface area contributed by atoms with E-state index in [0.717, 1.165) is 18.2 Å². The quantitative estimate of drug-likeness (QED) is 0.871. The molecule has 1 fully saturated rings. The highest BCUT2D eigenvalue weighted by Gasteiger charge is 2.28. The highest BCUT2D eigenvalue weighted by atomic mass is 32.2. The lowest BCUT2D eigenvalue weighted by atomic mass is 10.3. The molecule has 1 saturated heterocycles. The van der Waals surface area contributed by atoms with Crippen molar-refractivity contribution in [2.24, 2.45) is 0 Å². The van der Waals surface area contributed by atoms with Crippen LogP contribution in [0, 0.1) is 11.6 Å². The van der Waals surface area contributed by atoms with Gasteiger partial charge in [0.25, 0.3) is 10.0 Å². The second-order valence-corrected chi connectivity index (χ2v) is 9.08. The first-order valence-corrected chi connectivity index (χ1v) is 10.4. The van der Waals surface area contributed by atoms with Gasteiger partial charge in [-0.15, -0.1) is 0 Å². The lowest BCUT2D eigenvalue weighted by Crippen LogP contribution is -2.25. The van der Waals surface area contributed by atoms with E-state index in [1.165, 1.54) is 28.6 Å². The first kappa shape index (κ1) is 17.6. The predicted molar refractivity (Wildman–Crippen MR) is 89.4 cm³/mol. The zero-order valence-corrected chi connectivity index (χ0v) is 14.4. The maximum absolute atomic E-state index is 13.7. The van der Waals surface area contributed by atoms with Crippen LogP contribution >= 0.6 is 0 Å². The van der Waals surface area contributed by atoms with E-state index in [1.54, 1.807) is 0 Å². The number of halogens is 2. The van der Waals surface area contributed by atoms with Gasteiger partial charge in [0.15, 0.2) is 4.90 Å². The molecule has 10 heteroatoms. The Bertz CT molecular complexity index is 986. The molecule has 6 nitrogen and oxygen atoms in total. The lowest BCUT2D eigenvalue weighted by Gasteiger charge is -2.17. The third-order valence-corrected chi connectivity index (χ3v) is 7.00. The van der Waals surface area contributed by atoms with Crippen molar-refractivity contribution in [2.45, 2.75) is 11.3 Å². The Kier molecular flexibility index (Phi) is 4.41. The van der Waals surface area contributed by atoms with Crippen molar-refractivity contribution >= 4 is 31.4 Å². The van der Waals surface area contributed by atoms with Crippen LogP contribution in [0.3, 0.4) is 0 Å². The summed E-state index contributed by atoms with van der Waals surface area (Å²) in [5.41, 5.74) is 0.459. The molecule has 0 bridgehead atoms. The van der Waals surface area contributed by atoms with Crippen molar-refractivity contribution < 1.29 is 25.6 Å². The number of nitrogens with one attached hydrogen (secondary N) is 1. The first-order chi connectivity index (χ1) is 11.7. The van der Waals surface area contributed by atoms with Gasteiger partial charge in [0.1, 0.15) is 11.6 Å². The second-order valence-electron chi connectivity index (χ2n) is 5.44. The normalized spacial score (nSPS) is 16.8. The van der Waals surface area contributed by atoms with Gasteiger partial charge in [0, 0.05) is 12.2 Å². The fraction of sp³-hybridized carbons (Fsp3) is 0.200. The molecular weight excluding hydrogens is 374 g/mol. The minimum Gasteiger partial charge on any atom is -0.279 e. The summed E-state index contributed by atoms with van der Waals surface area (Å²) in [4.78, 5) is -1.07. The van der Waals surface area contributed by atoms with Gasteiger partial charge in [0.2, 0.25) is 10.0 Å². The van der Waals surface area contributed by atoms with E-state index in [4.69, 9.17) is 0 Å². The molecule has 2 aromatic carbocycles. The van der Waals surface area contributed by atoms with Gasteiger partial charge in [-0.1, -0.05) is 6.07 Å². The van der Waals surface area contributed by atoms with Gasteiger partial charge in [-0.3, -0.25) is 9.03 Å². The summed E-state index contributed by atoms with van der Waals surface area (Å²) in [6.07, 6.45) is 0.517. The SMILES string of the molecule is O=S(=O)(Nc1ccc(N2CCCS2(=O)=O)cc1)c1c(F)cccc1F. The van der Waals surface area contributed by atoms with Crippen molar-refractivity contribution in [3.8, 4) is 0 Å². The van der Waals surface area contributed by atoms with Gasteiger partial charge in [-0.05, 0) is 42.8 Å². The first-order valence-electron chi connectivity index (χ1n) is 7.28. The number of hydrogen-bond donors (Lipinski definition) is 1. The molecule has 3 rings (SSSR count). The largest absolute Gasteiger partial charge is 0.279 e. The Balaban J connectivity index is 1.87. The molecule has 1 aliphatic rings. The van der Waals surface area contributed by atoms with E-state index in [2.05, 4.69) is 4.72 Å². The predicted octanol–water partition coefficient (Wildman–Crippen LogP) is 2.31. The summed E-state index contributed by atoms with van der Waals surface area (Å²) in [5, 5.41) is 0. The van der Waals surface area contributed by atoms with E-state index in [9.17, 15) is 25.6 Å². The number of anilines is 2. The topological polar surface area (TPSA) is 83.6 Å². The third kappa shape index (κ3) is 3.45. The molecule has 0 spiro atoms. The molecule has 25 heavy (non-hydrogen) atoms. The summed E-state index contributed by atoms with van der Waals surface area (Å²) >= 11 is 0. The van der Waals surface area contributed by atoms with Crippen molar-refractivity contribution in [1.82, 2.24) is 0 Å². The van der Waals surface area contributed by atoms with Crippen molar-refractivity contribution in [2.75, 3.05) is 21.3 Å². The van der Waals surface area contributed by atoms with E-state index < -0.39 is 36.6 Å². The van der Waals surface area contributed by atoms with E-state index in [0.29, 0.717) is 18.7 Å². The van der Waals surface area contributed by atoms with Crippen molar-refractivity contribution in [3.63, 3.8) is 0 Å². The number of benzene rings is 2. The fourth-order valence-electron chi connectivity index (χ4n) is 2.57. The molecule has 1 heterocycles. The highest BCUT2D eigenvalue weighted by Crippen LogP contribution is 2.27. The molecule has 0 unspecified atom stereocenters. The standard InChI is InChI=1S/C15H14F2N2O4S2/c16-13-3-1-4-14(17)15(13)25(22,23)18-11-5-7-12(8-6-11)19-9-2-10-24(19,20)21/h1,3-8,18H,2,9-10H2. The summed E-state index contributed by atoms with van der Waals surface area (Å²) in [7, 11) is -7.81. The van der Waals surface area contributed by atoms with E-state index >= 15 is 0 Å². The van der Waals surface area contributed by atoms with Crippen LogP contribution in [0.2, 0.25) is 0 Å². The Morgan fingerprint density at radius 2 is 1.60 bits per heavy atom. The molecule has 0 radical (unpaired) electrons. The molecule has 1 N–H and O–H groups in total. The van der Waals surface area contributed by atoms with Crippen molar-refractivity contribution in [1.29, 1.82) is 0 Å².